The highest BCUT2D eigenvalue weighted by Gasteiger charge is 2.32. The van der Waals surface area contributed by atoms with E-state index < -0.39 is 54.0 Å². The molecule has 232 valence electrons. The molecule has 1 heterocycles. The van der Waals surface area contributed by atoms with E-state index in [4.69, 9.17) is 11.5 Å². The van der Waals surface area contributed by atoms with Crippen LogP contribution in [0.25, 0.3) is 10.9 Å². The lowest BCUT2D eigenvalue weighted by molar-refractivity contribution is -0.142. The first-order chi connectivity index (χ1) is 20.5. The molecule has 0 saturated heterocycles. The van der Waals surface area contributed by atoms with Crippen LogP contribution in [0.3, 0.4) is 0 Å². The van der Waals surface area contributed by atoms with Crippen molar-refractivity contribution < 1.29 is 34.5 Å². The van der Waals surface area contributed by atoms with Gasteiger partial charge >= 0.3 is 5.97 Å². The number of carboxylic acid groups (broad SMARTS) is 1. The topological polar surface area (TPSA) is 233 Å². The summed E-state index contributed by atoms with van der Waals surface area (Å²) in [5.41, 5.74) is 14.0. The smallest absolute Gasteiger partial charge is 0.326 e. The monoisotopic (exact) mass is 596 g/mol. The van der Waals surface area contributed by atoms with Crippen molar-refractivity contribution in [1.82, 2.24) is 20.9 Å². The summed E-state index contributed by atoms with van der Waals surface area (Å²) in [5, 5.41) is 37.9. The van der Waals surface area contributed by atoms with Crippen LogP contribution in [0.5, 0.6) is 5.75 Å². The van der Waals surface area contributed by atoms with Crippen molar-refractivity contribution in [3.63, 3.8) is 0 Å². The Morgan fingerprint density at radius 1 is 0.884 bits per heavy atom. The van der Waals surface area contributed by atoms with Crippen LogP contribution in [0.1, 0.15) is 37.3 Å². The van der Waals surface area contributed by atoms with E-state index in [2.05, 4.69) is 20.9 Å². The fourth-order valence-electron chi connectivity index (χ4n) is 4.66. The van der Waals surface area contributed by atoms with E-state index in [-0.39, 0.29) is 25.0 Å². The maximum absolute atomic E-state index is 13.2. The predicted molar refractivity (Wildman–Crippen MR) is 160 cm³/mol. The normalized spacial score (nSPS) is 14.7. The zero-order valence-corrected chi connectivity index (χ0v) is 24.0. The SMILES string of the molecule is CC(O)C(NC(=O)C(N)Cc1c[nH]c2ccccc12)C(=O)NC(CCCCN)C(=O)NC(Cc1ccc(O)cc1)C(=O)O. The molecule has 13 heteroatoms. The van der Waals surface area contributed by atoms with E-state index in [1.807, 2.05) is 24.3 Å². The molecule has 0 aliphatic rings. The average Bonchev–Trinajstić information content (AvgIpc) is 3.38. The number of aromatic amines is 1. The van der Waals surface area contributed by atoms with Gasteiger partial charge < -0.3 is 47.7 Å². The van der Waals surface area contributed by atoms with Gasteiger partial charge in [0.1, 0.15) is 23.9 Å². The van der Waals surface area contributed by atoms with Gasteiger partial charge in [0.05, 0.1) is 12.1 Å². The highest BCUT2D eigenvalue weighted by atomic mass is 16.4. The largest absolute Gasteiger partial charge is 0.508 e. The van der Waals surface area contributed by atoms with Crippen molar-refractivity contribution in [2.45, 2.75) is 69.3 Å². The maximum Gasteiger partial charge on any atom is 0.326 e. The third-order valence-corrected chi connectivity index (χ3v) is 7.08. The number of rotatable bonds is 16. The van der Waals surface area contributed by atoms with E-state index in [0.717, 1.165) is 16.5 Å². The van der Waals surface area contributed by atoms with E-state index in [1.54, 1.807) is 6.20 Å². The lowest BCUT2D eigenvalue weighted by Crippen LogP contribution is -2.60. The van der Waals surface area contributed by atoms with Crippen molar-refractivity contribution in [1.29, 1.82) is 0 Å². The number of benzene rings is 2. The third-order valence-electron chi connectivity index (χ3n) is 7.08. The predicted octanol–water partition coefficient (Wildman–Crippen LogP) is 0.0348. The zero-order valence-electron chi connectivity index (χ0n) is 24.0. The molecule has 43 heavy (non-hydrogen) atoms. The molecular formula is C30H40N6O7. The summed E-state index contributed by atoms with van der Waals surface area (Å²) in [5.74, 6) is -3.52. The van der Waals surface area contributed by atoms with Gasteiger partial charge in [0.15, 0.2) is 0 Å². The van der Waals surface area contributed by atoms with Gasteiger partial charge in [-0.05, 0) is 68.5 Å². The number of aliphatic carboxylic acids is 1. The number of hydrogen-bond acceptors (Lipinski definition) is 8. The number of aliphatic hydroxyl groups excluding tert-OH is 1. The number of amides is 3. The third kappa shape index (κ3) is 9.53. The van der Waals surface area contributed by atoms with Crippen molar-refractivity contribution in [2.24, 2.45) is 11.5 Å². The minimum Gasteiger partial charge on any atom is -0.508 e. The summed E-state index contributed by atoms with van der Waals surface area (Å²) in [6.45, 7) is 1.67. The highest BCUT2D eigenvalue weighted by Crippen LogP contribution is 2.19. The van der Waals surface area contributed by atoms with Crippen molar-refractivity contribution in [2.75, 3.05) is 6.54 Å². The van der Waals surface area contributed by atoms with Gasteiger partial charge in [-0.15, -0.1) is 0 Å². The number of aliphatic hydroxyl groups is 1. The number of aromatic nitrogens is 1. The number of phenols is 1. The molecule has 2 aromatic carbocycles. The fraction of sp³-hybridized carbons (Fsp3) is 0.400. The Morgan fingerprint density at radius 3 is 2.21 bits per heavy atom. The first-order valence-electron chi connectivity index (χ1n) is 14.1. The van der Waals surface area contributed by atoms with Gasteiger partial charge in [0.25, 0.3) is 0 Å². The Labute approximate surface area is 249 Å². The molecule has 0 aliphatic carbocycles. The maximum atomic E-state index is 13.2. The Kier molecular flexibility index (Phi) is 12.0. The second-order valence-electron chi connectivity index (χ2n) is 10.5. The number of nitrogens with one attached hydrogen (secondary N) is 4. The molecule has 0 saturated carbocycles. The number of para-hydroxylation sites is 1. The summed E-state index contributed by atoms with van der Waals surface area (Å²) >= 11 is 0. The van der Waals surface area contributed by atoms with Crippen LogP contribution in [0, 0.1) is 0 Å². The second-order valence-corrected chi connectivity index (χ2v) is 10.5. The Hall–Kier alpha value is -4.46. The quantitative estimate of drug-likeness (QED) is 0.101. The number of fused-ring (bicyclic) bond motifs is 1. The van der Waals surface area contributed by atoms with Gasteiger partial charge in [0.2, 0.25) is 17.7 Å². The molecule has 1 aromatic heterocycles. The Bertz CT molecular complexity index is 1390. The summed E-state index contributed by atoms with van der Waals surface area (Å²) in [4.78, 5) is 54.4. The van der Waals surface area contributed by atoms with Gasteiger partial charge in [-0.3, -0.25) is 14.4 Å². The number of carboxylic acids is 1. The Balaban J connectivity index is 1.68. The first kappa shape index (κ1) is 33.0. The summed E-state index contributed by atoms with van der Waals surface area (Å²) in [6, 6.07) is 8.47. The van der Waals surface area contributed by atoms with Crippen molar-refractivity contribution in [3.8, 4) is 5.75 Å². The summed E-state index contributed by atoms with van der Waals surface area (Å²) in [6.07, 6.45) is 1.67. The highest BCUT2D eigenvalue weighted by molar-refractivity contribution is 5.94. The molecular weight excluding hydrogens is 556 g/mol. The van der Waals surface area contributed by atoms with Gasteiger partial charge in [-0.1, -0.05) is 30.3 Å². The number of H-pyrrole nitrogens is 1. The molecule has 0 radical (unpaired) electrons. The minimum atomic E-state index is -1.43. The number of carbonyl (C=O) groups excluding carboxylic acids is 3. The lowest BCUT2D eigenvalue weighted by Gasteiger charge is -2.26. The molecule has 3 rings (SSSR count). The molecule has 0 fully saturated rings. The van der Waals surface area contributed by atoms with Crippen molar-refractivity contribution >= 4 is 34.6 Å². The number of hydrogen-bond donors (Lipinski definition) is 9. The summed E-state index contributed by atoms with van der Waals surface area (Å²) in [7, 11) is 0. The molecule has 3 amide bonds. The standard InChI is InChI=1S/C30H40N6O7/c1-17(37)26(36-27(39)22(32)15-19-16-33-23-7-3-2-6-21(19)23)29(41)34-24(8-4-5-13-31)28(40)35-25(30(42)43)14-18-9-11-20(38)12-10-18/h2-3,6-7,9-12,16-17,22,24-26,33,37-38H,4-5,8,13-15,31-32H2,1H3,(H,34,41)(H,35,40)(H,36,39)(H,42,43). The molecule has 0 spiro atoms. The second kappa shape index (κ2) is 15.7. The zero-order chi connectivity index (χ0) is 31.5. The van der Waals surface area contributed by atoms with Crippen molar-refractivity contribution in [3.05, 3.63) is 65.9 Å². The molecule has 13 nitrogen and oxygen atoms in total. The number of aromatic hydroxyl groups is 1. The van der Waals surface area contributed by atoms with Crippen LogP contribution >= 0.6 is 0 Å². The van der Waals surface area contributed by atoms with E-state index in [1.165, 1.54) is 31.2 Å². The number of nitrogens with two attached hydrogens (primary N) is 2. The number of carbonyl (C=O) groups is 4. The van der Waals surface area contributed by atoms with E-state index in [0.29, 0.717) is 24.9 Å². The van der Waals surface area contributed by atoms with Gasteiger partial charge in [-0.2, -0.15) is 0 Å². The van der Waals surface area contributed by atoms with Crippen LogP contribution in [0.15, 0.2) is 54.7 Å². The Morgan fingerprint density at radius 2 is 1.56 bits per heavy atom. The van der Waals surface area contributed by atoms with Gasteiger partial charge in [0, 0.05) is 23.5 Å². The average molecular weight is 597 g/mol. The number of phenolic OH excluding ortho intramolecular Hbond substituents is 1. The minimum absolute atomic E-state index is 0.0148. The van der Waals surface area contributed by atoms with Crippen LogP contribution in [0.2, 0.25) is 0 Å². The van der Waals surface area contributed by atoms with Crippen LogP contribution in [-0.4, -0.2) is 80.8 Å². The molecule has 11 N–H and O–H groups in total. The van der Waals surface area contributed by atoms with E-state index in [9.17, 15) is 34.5 Å². The van der Waals surface area contributed by atoms with Crippen LogP contribution in [-0.2, 0) is 32.0 Å². The molecule has 5 unspecified atom stereocenters. The molecule has 5 atom stereocenters. The van der Waals surface area contributed by atoms with Crippen LogP contribution in [0.4, 0.5) is 0 Å². The van der Waals surface area contributed by atoms with Crippen LogP contribution < -0.4 is 27.4 Å². The lowest BCUT2D eigenvalue weighted by atomic mass is 10.0. The molecule has 3 aromatic rings. The number of unbranched alkanes of at least 4 members (excludes halogenated alkanes) is 1. The van der Waals surface area contributed by atoms with Gasteiger partial charge in [-0.25, -0.2) is 4.79 Å². The first-order valence-corrected chi connectivity index (χ1v) is 14.1. The molecule has 0 bridgehead atoms. The molecule has 0 aliphatic heterocycles. The fourth-order valence-corrected chi connectivity index (χ4v) is 4.66. The van der Waals surface area contributed by atoms with E-state index >= 15 is 0 Å². The summed E-state index contributed by atoms with van der Waals surface area (Å²) < 4.78 is 0.